The van der Waals surface area contributed by atoms with Gasteiger partial charge in [0.2, 0.25) is 18.2 Å². The minimum absolute atomic E-state index is 0.121. The molecule has 0 spiro atoms. The summed E-state index contributed by atoms with van der Waals surface area (Å²) in [5, 5.41) is 5.23. The summed E-state index contributed by atoms with van der Waals surface area (Å²) >= 11 is 6.56. The zero-order valence-electron chi connectivity index (χ0n) is 15.4. The van der Waals surface area contributed by atoms with Gasteiger partial charge in [0, 0.05) is 6.61 Å². The van der Waals surface area contributed by atoms with Gasteiger partial charge in [0.1, 0.15) is 29.2 Å². The van der Waals surface area contributed by atoms with Crippen LogP contribution >= 0.6 is 17.3 Å². The number of carbonyl (C=O) groups excluding carboxylic acids is 3. The second-order valence-corrected chi connectivity index (χ2v) is 11.1. The fourth-order valence-electron chi connectivity index (χ4n) is 1.69. The molecule has 25 heavy (non-hydrogen) atoms. The van der Waals surface area contributed by atoms with Crippen molar-refractivity contribution in [3.05, 3.63) is 0 Å². The third-order valence-electron chi connectivity index (χ3n) is 3.02. The Kier molecular flexibility index (Phi) is 13.0. The molecule has 0 aromatic rings. The number of hydrogen-bond acceptors (Lipinski definition) is 7. The first-order valence-electron chi connectivity index (χ1n) is 8.14. The van der Waals surface area contributed by atoms with E-state index in [1.807, 2.05) is 20.8 Å². The second-order valence-electron chi connectivity index (χ2n) is 5.50. The maximum absolute atomic E-state index is 12.2. The van der Waals surface area contributed by atoms with Crippen molar-refractivity contribution >= 4 is 46.9 Å². The van der Waals surface area contributed by atoms with Crippen LogP contribution in [-0.4, -0.2) is 55.2 Å². The molecule has 0 aliphatic carbocycles. The molecule has 0 saturated carbocycles. The molecule has 0 aromatic carbocycles. The lowest BCUT2D eigenvalue weighted by atomic mass is 10.0. The molecule has 0 radical (unpaired) electrons. The lowest BCUT2D eigenvalue weighted by Gasteiger charge is -2.22. The average molecular weight is 412 g/mol. The zero-order chi connectivity index (χ0) is 19.4. The first kappa shape index (κ1) is 24.2. The molecule has 1 unspecified atom stereocenters. The van der Waals surface area contributed by atoms with Crippen molar-refractivity contribution in [1.82, 2.24) is 10.6 Å². The highest BCUT2D eigenvalue weighted by Crippen LogP contribution is 2.37. The van der Waals surface area contributed by atoms with Gasteiger partial charge < -0.3 is 20.1 Å². The van der Waals surface area contributed by atoms with Gasteiger partial charge in [0.25, 0.3) is 5.90 Å². The largest absolute Gasteiger partial charge is 0.464 e. The van der Waals surface area contributed by atoms with E-state index in [2.05, 4.69) is 10.6 Å². The van der Waals surface area contributed by atoms with Crippen LogP contribution in [0.5, 0.6) is 0 Å². The molecule has 0 aliphatic heterocycles. The summed E-state index contributed by atoms with van der Waals surface area (Å²) in [6, 6.07) is -1.50. The van der Waals surface area contributed by atoms with Crippen LogP contribution in [-0.2, 0) is 35.7 Å². The molecule has 0 saturated heterocycles. The van der Waals surface area contributed by atoms with Crippen LogP contribution in [0.2, 0.25) is 0 Å². The Morgan fingerprint density at radius 1 is 1.12 bits per heavy atom. The van der Waals surface area contributed by atoms with E-state index in [-0.39, 0.29) is 24.2 Å². The first-order chi connectivity index (χ1) is 11.7. The molecule has 7 nitrogen and oxygen atoms in total. The van der Waals surface area contributed by atoms with Crippen LogP contribution in [0.1, 0.15) is 34.6 Å². The molecular formula is C15H28N2O5PS2+. The van der Waals surface area contributed by atoms with Crippen LogP contribution in [0.25, 0.3) is 0 Å². The lowest BCUT2D eigenvalue weighted by molar-refractivity contribution is -0.148. The van der Waals surface area contributed by atoms with Crippen molar-refractivity contribution in [2.24, 2.45) is 5.92 Å². The van der Waals surface area contributed by atoms with Gasteiger partial charge in [-0.1, -0.05) is 13.8 Å². The van der Waals surface area contributed by atoms with Crippen LogP contribution in [0, 0.1) is 5.92 Å². The van der Waals surface area contributed by atoms with Crippen LogP contribution in [0.4, 0.5) is 0 Å². The summed E-state index contributed by atoms with van der Waals surface area (Å²) in [5.41, 5.74) is 0. The predicted octanol–water partition coefficient (Wildman–Crippen LogP) is 1.78. The minimum Gasteiger partial charge on any atom is -0.464 e. The zero-order valence-corrected chi connectivity index (χ0v) is 17.9. The summed E-state index contributed by atoms with van der Waals surface area (Å²) in [7, 11) is 0. The van der Waals surface area contributed by atoms with Gasteiger partial charge in [0.15, 0.2) is 11.8 Å². The van der Waals surface area contributed by atoms with Gasteiger partial charge in [-0.2, -0.15) is 0 Å². The Labute approximate surface area is 159 Å². The molecule has 0 aliphatic rings. The van der Waals surface area contributed by atoms with Crippen LogP contribution in [0.3, 0.4) is 0 Å². The summed E-state index contributed by atoms with van der Waals surface area (Å²) in [5.74, 6) is -1.98. The number of amides is 2. The smallest absolute Gasteiger partial charge is 0.328 e. The third-order valence-corrected chi connectivity index (χ3v) is 6.92. The predicted molar refractivity (Wildman–Crippen MR) is 104 cm³/mol. The fourth-order valence-corrected chi connectivity index (χ4v) is 4.37. The van der Waals surface area contributed by atoms with Gasteiger partial charge in [-0.15, -0.1) is 0 Å². The van der Waals surface area contributed by atoms with E-state index in [0.717, 1.165) is 0 Å². The topological polar surface area (TPSA) is 93.7 Å². The molecule has 10 heteroatoms. The number of hydrogen-bond donors (Lipinski definition) is 2. The van der Waals surface area contributed by atoms with E-state index in [0.29, 0.717) is 13.0 Å². The maximum Gasteiger partial charge on any atom is 0.328 e. The summed E-state index contributed by atoms with van der Waals surface area (Å²) in [6.07, 6.45) is 0.463. The van der Waals surface area contributed by atoms with Gasteiger partial charge >= 0.3 is 5.97 Å². The number of nitrogens with one attached hydrogen (secondary N) is 2. The van der Waals surface area contributed by atoms with Crippen molar-refractivity contribution < 1.29 is 23.9 Å². The van der Waals surface area contributed by atoms with E-state index in [4.69, 9.17) is 21.3 Å². The highest BCUT2D eigenvalue weighted by Gasteiger charge is 2.28. The monoisotopic (exact) mass is 411 g/mol. The molecule has 0 aromatic heterocycles. The highest BCUT2D eigenvalue weighted by atomic mass is 32.9. The Morgan fingerprint density at radius 2 is 1.76 bits per heavy atom. The van der Waals surface area contributed by atoms with E-state index in [1.165, 1.54) is 11.4 Å². The van der Waals surface area contributed by atoms with Crippen molar-refractivity contribution in [1.29, 1.82) is 0 Å². The fraction of sp³-hybridized carbons (Fsp3) is 0.800. The van der Waals surface area contributed by atoms with Gasteiger partial charge in [-0.05, 0) is 26.7 Å². The van der Waals surface area contributed by atoms with Crippen molar-refractivity contribution in [3.8, 4) is 0 Å². The summed E-state index contributed by atoms with van der Waals surface area (Å²) in [4.78, 5) is 36.0. The quantitative estimate of drug-likeness (QED) is 0.373. The van der Waals surface area contributed by atoms with E-state index in [9.17, 15) is 14.4 Å². The number of ether oxygens (including phenoxy) is 2. The molecule has 2 N–H and O–H groups in total. The Hall–Kier alpha value is -0.760. The van der Waals surface area contributed by atoms with E-state index >= 15 is 0 Å². The first-order valence-corrected chi connectivity index (χ1v) is 12.3. The molecule has 2 amide bonds. The molecule has 0 fully saturated rings. The Balaban J connectivity index is 4.41. The Bertz CT molecular complexity index is 477. The summed E-state index contributed by atoms with van der Waals surface area (Å²) < 4.78 is 10.2. The highest BCUT2D eigenvalue weighted by molar-refractivity contribution is 8.64. The standard InChI is InChI=1S/C15H27N2O5PS2/c1-6-21-9-23(24)25-8-12(18)16-11(5)14(19)17-13(10(3)4)15(20)22-7-2/h10-11,13H,6-9H2,1-5H3,(H-,16,17,18,19)/p+1/t11-,13-/m0/s1. The summed E-state index contributed by atoms with van der Waals surface area (Å²) in [6.45, 7) is 9.62. The van der Waals surface area contributed by atoms with Crippen molar-refractivity contribution in [2.45, 2.75) is 46.7 Å². The molecule has 0 rings (SSSR count). The maximum atomic E-state index is 12.2. The van der Waals surface area contributed by atoms with Gasteiger partial charge in [-0.25, -0.2) is 4.79 Å². The minimum atomic E-state index is -0.840. The third kappa shape index (κ3) is 10.7. The van der Waals surface area contributed by atoms with Gasteiger partial charge in [0.05, 0.1) is 6.61 Å². The lowest BCUT2D eigenvalue weighted by Crippen LogP contribution is -2.52. The molecule has 0 bridgehead atoms. The van der Waals surface area contributed by atoms with E-state index in [1.54, 1.807) is 13.8 Å². The normalized spacial score (nSPS) is 13.8. The molecular weight excluding hydrogens is 383 g/mol. The van der Waals surface area contributed by atoms with E-state index < -0.39 is 29.9 Å². The van der Waals surface area contributed by atoms with Gasteiger partial charge in [-0.3, -0.25) is 9.59 Å². The van der Waals surface area contributed by atoms with Crippen LogP contribution < -0.4 is 10.6 Å². The number of esters is 1. The Morgan fingerprint density at radius 3 is 2.28 bits per heavy atom. The average Bonchev–Trinajstić information content (AvgIpc) is 2.55. The van der Waals surface area contributed by atoms with Crippen molar-refractivity contribution in [2.75, 3.05) is 25.3 Å². The number of carbonyl (C=O) groups is 3. The van der Waals surface area contributed by atoms with Crippen molar-refractivity contribution in [3.63, 3.8) is 0 Å². The number of rotatable bonds is 12. The van der Waals surface area contributed by atoms with Crippen LogP contribution in [0.15, 0.2) is 0 Å². The molecule has 144 valence electrons. The second kappa shape index (κ2) is 13.4. The SMILES string of the molecule is CCOC[P+](=S)SCC(=O)N[C@@H](C)C(=O)N[C@H](C(=O)OCC)C(C)C. The molecule has 0 heterocycles. The molecule has 3 atom stereocenters.